The van der Waals surface area contributed by atoms with Crippen molar-refractivity contribution < 1.29 is 0 Å². The zero-order valence-corrected chi connectivity index (χ0v) is 9.52. The molecule has 0 N–H and O–H groups in total. The number of halogens is 1. The highest BCUT2D eigenvalue weighted by atomic mass is 79.9. The smallest absolute Gasteiger partial charge is 0.0201 e. The van der Waals surface area contributed by atoms with E-state index in [2.05, 4.69) is 54.6 Å². The van der Waals surface area contributed by atoms with Crippen molar-refractivity contribution in [1.82, 2.24) is 0 Å². The first-order valence-electron chi connectivity index (χ1n) is 4.42. The van der Waals surface area contributed by atoms with Gasteiger partial charge in [0, 0.05) is 4.48 Å². The Bertz CT molecular complexity index is 187. The fraction of sp³-hybridized carbons (Fsp3) is 0.455. The highest BCUT2D eigenvalue weighted by molar-refractivity contribution is 9.12. The maximum atomic E-state index is 3.92. The molecular formula is C11H17Br. The first-order valence-corrected chi connectivity index (χ1v) is 5.22. The fourth-order valence-corrected chi connectivity index (χ4v) is 1.14. The van der Waals surface area contributed by atoms with Gasteiger partial charge in [0.05, 0.1) is 0 Å². The first kappa shape index (κ1) is 11.7. The number of rotatable bonds is 5. The zero-order chi connectivity index (χ0) is 9.40. The molecule has 0 atom stereocenters. The molecule has 0 unspecified atom stereocenters. The quantitative estimate of drug-likeness (QED) is 0.605. The van der Waals surface area contributed by atoms with Crippen LogP contribution in [0.4, 0.5) is 0 Å². The maximum absolute atomic E-state index is 3.92. The Hall–Kier alpha value is -0.300. The van der Waals surface area contributed by atoms with Crippen LogP contribution in [0.15, 0.2) is 34.9 Å². The lowest BCUT2D eigenvalue weighted by atomic mass is 10.2. The summed E-state index contributed by atoms with van der Waals surface area (Å²) < 4.78 is 1.11. The van der Waals surface area contributed by atoms with Crippen molar-refractivity contribution in [2.75, 3.05) is 0 Å². The van der Waals surface area contributed by atoms with Crippen LogP contribution in [0.25, 0.3) is 0 Å². The van der Waals surface area contributed by atoms with E-state index in [0.29, 0.717) is 0 Å². The van der Waals surface area contributed by atoms with Gasteiger partial charge in [0.2, 0.25) is 0 Å². The number of allylic oxidation sites excluding steroid dienone is 5. The van der Waals surface area contributed by atoms with Crippen LogP contribution in [0.5, 0.6) is 0 Å². The van der Waals surface area contributed by atoms with Crippen LogP contribution in [0.2, 0.25) is 0 Å². The molecule has 0 radical (unpaired) electrons. The lowest BCUT2D eigenvalue weighted by Crippen LogP contribution is -1.75. The Morgan fingerprint density at radius 3 is 2.58 bits per heavy atom. The van der Waals surface area contributed by atoms with Crippen LogP contribution < -0.4 is 0 Å². The molecule has 0 bridgehead atoms. The van der Waals surface area contributed by atoms with Crippen molar-refractivity contribution in [1.29, 1.82) is 0 Å². The molecule has 0 aromatic heterocycles. The average Bonchev–Trinajstić information content (AvgIpc) is 2.10. The van der Waals surface area contributed by atoms with Crippen LogP contribution in [-0.4, -0.2) is 0 Å². The second-order valence-electron chi connectivity index (χ2n) is 2.69. The van der Waals surface area contributed by atoms with Gasteiger partial charge in [0.1, 0.15) is 0 Å². The van der Waals surface area contributed by atoms with Gasteiger partial charge in [0.15, 0.2) is 0 Å². The van der Waals surface area contributed by atoms with Gasteiger partial charge in [-0.15, -0.1) is 0 Å². The molecule has 0 aromatic carbocycles. The average molecular weight is 229 g/mol. The third kappa shape index (κ3) is 5.36. The van der Waals surface area contributed by atoms with Crippen molar-refractivity contribution in [3.63, 3.8) is 0 Å². The van der Waals surface area contributed by atoms with Crippen LogP contribution in [0.1, 0.15) is 33.1 Å². The summed E-state index contributed by atoms with van der Waals surface area (Å²) >= 11 is 3.47. The molecule has 12 heavy (non-hydrogen) atoms. The van der Waals surface area contributed by atoms with E-state index in [1.807, 2.05) is 0 Å². The molecule has 0 fully saturated rings. The second kappa shape index (κ2) is 7.35. The third-order valence-electron chi connectivity index (χ3n) is 1.60. The highest BCUT2D eigenvalue weighted by Crippen LogP contribution is 2.17. The van der Waals surface area contributed by atoms with Crippen LogP contribution >= 0.6 is 15.9 Å². The van der Waals surface area contributed by atoms with Crippen LogP contribution in [0, 0.1) is 0 Å². The van der Waals surface area contributed by atoms with Gasteiger partial charge in [-0.3, -0.25) is 0 Å². The van der Waals surface area contributed by atoms with Gasteiger partial charge < -0.3 is 0 Å². The molecule has 0 aliphatic carbocycles. The molecule has 68 valence electrons. The predicted molar refractivity (Wildman–Crippen MR) is 60.5 cm³/mol. The lowest BCUT2D eigenvalue weighted by molar-refractivity contribution is 0.959. The fourth-order valence-electron chi connectivity index (χ4n) is 0.702. The van der Waals surface area contributed by atoms with Gasteiger partial charge >= 0.3 is 0 Å². The monoisotopic (exact) mass is 228 g/mol. The molecule has 0 heterocycles. The summed E-state index contributed by atoms with van der Waals surface area (Å²) in [6.07, 6.45) is 9.66. The van der Waals surface area contributed by atoms with Gasteiger partial charge in [-0.1, -0.05) is 54.9 Å². The zero-order valence-electron chi connectivity index (χ0n) is 7.94. The first-order chi connectivity index (χ1) is 5.72. The van der Waals surface area contributed by atoms with Crippen molar-refractivity contribution in [2.24, 2.45) is 0 Å². The van der Waals surface area contributed by atoms with E-state index in [0.717, 1.165) is 22.9 Å². The summed E-state index contributed by atoms with van der Waals surface area (Å²) in [5, 5.41) is 0. The van der Waals surface area contributed by atoms with E-state index in [1.54, 1.807) is 0 Å². The minimum absolute atomic E-state index is 0.999. The van der Waals surface area contributed by atoms with Gasteiger partial charge in [0.25, 0.3) is 0 Å². The number of hydrogen-bond donors (Lipinski definition) is 0. The lowest BCUT2D eigenvalue weighted by Gasteiger charge is -1.97. The molecule has 0 aliphatic rings. The molecule has 0 nitrogen and oxygen atoms in total. The molecule has 1 heteroatoms. The van der Waals surface area contributed by atoms with E-state index in [9.17, 15) is 0 Å². The van der Waals surface area contributed by atoms with Crippen molar-refractivity contribution >= 4 is 15.9 Å². The molecule has 0 aliphatic heterocycles. The molecule has 0 spiro atoms. The SMILES string of the molecule is C=C(CC)/C(Br)=C\C=C/CCC. The van der Waals surface area contributed by atoms with Crippen molar-refractivity contribution in [3.8, 4) is 0 Å². The minimum Gasteiger partial charge on any atom is -0.0947 e. The van der Waals surface area contributed by atoms with Crippen molar-refractivity contribution in [2.45, 2.75) is 33.1 Å². The summed E-state index contributed by atoms with van der Waals surface area (Å²) in [6.45, 7) is 8.20. The van der Waals surface area contributed by atoms with Gasteiger partial charge in [-0.05, 0) is 24.5 Å². The van der Waals surface area contributed by atoms with E-state index in [-0.39, 0.29) is 0 Å². The largest absolute Gasteiger partial charge is 0.0947 e. The Morgan fingerprint density at radius 2 is 2.08 bits per heavy atom. The van der Waals surface area contributed by atoms with Crippen LogP contribution in [0.3, 0.4) is 0 Å². The molecular weight excluding hydrogens is 212 g/mol. The molecule has 0 amide bonds. The normalized spacial score (nSPS) is 12.4. The summed E-state index contributed by atoms with van der Waals surface area (Å²) in [5.74, 6) is 0. The Labute approximate surface area is 84.2 Å². The van der Waals surface area contributed by atoms with Gasteiger partial charge in [-0.2, -0.15) is 0 Å². The summed E-state index contributed by atoms with van der Waals surface area (Å²) in [5.41, 5.74) is 1.15. The van der Waals surface area contributed by atoms with E-state index in [4.69, 9.17) is 0 Å². The Kier molecular flexibility index (Phi) is 7.17. The summed E-state index contributed by atoms with van der Waals surface area (Å²) in [4.78, 5) is 0. The molecule has 0 rings (SSSR count). The summed E-state index contributed by atoms with van der Waals surface area (Å²) in [6, 6.07) is 0. The Morgan fingerprint density at radius 1 is 1.42 bits per heavy atom. The maximum Gasteiger partial charge on any atom is 0.0201 e. The van der Waals surface area contributed by atoms with E-state index < -0.39 is 0 Å². The van der Waals surface area contributed by atoms with Gasteiger partial charge in [-0.25, -0.2) is 0 Å². The Balaban J connectivity index is 3.91. The van der Waals surface area contributed by atoms with E-state index >= 15 is 0 Å². The third-order valence-corrected chi connectivity index (χ3v) is 2.42. The number of hydrogen-bond acceptors (Lipinski definition) is 0. The predicted octanol–water partition coefficient (Wildman–Crippen LogP) is 4.59. The molecule has 0 saturated heterocycles. The van der Waals surface area contributed by atoms with Crippen LogP contribution in [-0.2, 0) is 0 Å². The van der Waals surface area contributed by atoms with Crippen molar-refractivity contribution in [3.05, 3.63) is 34.9 Å². The molecule has 0 aromatic rings. The highest BCUT2D eigenvalue weighted by Gasteiger charge is 1.91. The van der Waals surface area contributed by atoms with E-state index in [1.165, 1.54) is 6.42 Å². The minimum atomic E-state index is 0.999. The molecule has 0 saturated carbocycles. The number of unbranched alkanes of at least 4 members (excludes halogenated alkanes) is 1. The second-order valence-corrected chi connectivity index (χ2v) is 3.54. The topological polar surface area (TPSA) is 0 Å². The standard InChI is InChI=1S/C11H17Br/c1-4-6-7-8-9-11(12)10(3)5-2/h7-9H,3-6H2,1-2H3/b8-7-,11-9+. The summed E-state index contributed by atoms with van der Waals surface area (Å²) in [7, 11) is 0.